The molecule has 0 aliphatic heterocycles. The number of nitrogens with one attached hydrogen (secondary N) is 1. The summed E-state index contributed by atoms with van der Waals surface area (Å²) in [6, 6.07) is 7.08. The maximum atomic E-state index is 11.8. The molecule has 0 unspecified atom stereocenters. The van der Waals surface area contributed by atoms with Gasteiger partial charge >= 0.3 is 0 Å². The molecule has 6 nitrogen and oxygen atoms in total. The summed E-state index contributed by atoms with van der Waals surface area (Å²) >= 11 is 1.35. The van der Waals surface area contributed by atoms with Gasteiger partial charge in [0.1, 0.15) is 5.82 Å². The highest BCUT2D eigenvalue weighted by Gasteiger charge is 2.09. The van der Waals surface area contributed by atoms with Crippen molar-refractivity contribution in [2.75, 3.05) is 16.8 Å². The largest absolute Gasteiger partial charge is 0.399 e. The first-order chi connectivity index (χ1) is 9.06. The quantitative estimate of drug-likeness (QED) is 0.652. The van der Waals surface area contributed by atoms with Gasteiger partial charge in [-0.15, -0.1) is 10.2 Å². The Hall–Kier alpha value is -2.02. The fraction of sp³-hybridized carbons (Fsp3) is 0.250. The van der Waals surface area contributed by atoms with Gasteiger partial charge in [-0.1, -0.05) is 17.8 Å². The van der Waals surface area contributed by atoms with Crippen molar-refractivity contribution in [1.29, 1.82) is 0 Å². The lowest BCUT2D eigenvalue weighted by Crippen LogP contribution is -2.14. The van der Waals surface area contributed by atoms with Crippen LogP contribution >= 0.6 is 11.8 Å². The average Bonchev–Trinajstić information content (AvgIpc) is 2.68. The summed E-state index contributed by atoms with van der Waals surface area (Å²) in [6.45, 7) is 1.86. The van der Waals surface area contributed by atoms with Crippen LogP contribution in [0.5, 0.6) is 0 Å². The van der Waals surface area contributed by atoms with Crippen LogP contribution in [0.3, 0.4) is 0 Å². The molecule has 1 amide bonds. The van der Waals surface area contributed by atoms with Crippen LogP contribution in [0, 0.1) is 6.92 Å². The van der Waals surface area contributed by atoms with Crippen molar-refractivity contribution in [2.24, 2.45) is 7.05 Å². The highest BCUT2D eigenvalue weighted by Crippen LogP contribution is 2.16. The molecule has 0 bridgehead atoms. The standard InChI is InChI=1S/C12H15N5OS/c1-8-15-16-12(17(8)2)19-7-11(18)14-10-5-3-4-9(13)6-10/h3-6H,7,13H2,1-2H3,(H,14,18). The van der Waals surface area contributed by atoms with Gasteiger partial charge in [-0.25, -0.2) is 0 Å². The topological polar surface area (TPSA) is 85.8 Å². The van der Waals surface area contributed by atoms with E-state index in [2.05, 4.69) is 15.5 Å². The zero-order valence-electron chi connectivity index (χ0n) is 10.8. The molecule has 0 aliphatic rings. The first-order valence-corrected chi connectivity index (χ1v) is 6.69. The maximum absolute atomic E-state index is 11.8. The summed E-state index contributed by atoms with van der Waals surface area (Å²) in [5.74, 6) is 0.996. The Bertz CT molecular complexity index is 596. The number of nitrogens with two attached hydrogens (primary N) is 1. The molecular formula is C12H15N5OS. The number of hydrogen-bond donors (Lipinski definition) is 2. The zero-order valence-corrected chi connectivity index (χ0v) is 11.6. The van der Waals surface area contributed by atoms with E-state index in [1.807, 2.05) is 18.5 Å². The number of benzene rings is 1. The lowest BCUT2D eigenvalue weighted by molar-refractivity contribution is -0.113. The number of anilines is 2. The molecule has 0 radical (unpaired) electrons. The highest BCUT2D eigenvalue weighted by atomic mass is 32.2. The van der Waals surface area contributed by atoms with E-state index in [4.69, 9.17) is 5.73 Å². The molecule has 1 aromatic heterocycles. The first-order valence-electron chi connectivity index (χ1n) is 5.70. The van der Waals surface area contributed by atoms with Crippen molar-refractivity contribution in [1.82, 2.24) is 14.8 Å². The van der Waals surface area contributed by atoms with Crippen LogP contribution in [0.4, 0.5) is 11.4 Å². The molecule has 0 atom stereocenters. The van der Waals surface area contributed by atoms with E-state index in [1.165, 1.54) is 11.8 Å². The van der Waals surface area contributed by atoms with Gasteiger partial charge in [-0.3, -0.25) is 4.79 Å². The van der Waals surface area contributed by atoms with Crippen LogP contribution < -0.4 is 11.1 Å². The summed E-state index contributed by atoms with van der Waals surface area (Å²) in [5.41, 5.74) is 6.96. The van der Waals surface area contributed by atoms with Gasteiger partial charge in [-0.2, -0.15) is 0 Å². The summed E-state index contributed by atoms with van der Waals surface area (Å²) < 4.78 is 1.85. The molecule has 2 rings (SSSR count). The minimum atomic E-state index is -0.101. The van der Waals surface area contributed by atoms with Crippen molar-refractivity contribution >= 4 is 29.0 Å². The number of aryl methyl sites for hydroxylation is 1. The number of nitrogens with zero attached hydrogens (tertiary/aromatic N) is 3. The van der Waals surface area contributed by atoms with Gasteiger partial charge in [0.15, 0.2) is 5.16 Å². The Morgan fingerprint density at radius 1 is 1.47 bits per heavy atom. The van der Waals surface area contributed by atoms with E-state index in [0.717, 1.165) is 11.0 Å². The Balaban J connectivity index is 1.90. The third-order valence-electron chi connectivity index (χ3n) is 2.56. The highest BCUT2D eigenvalue weighted by molar-refractivity contribution is 7.99. The average molecular weight is 277 g/mol. The Morgan fingerprint density at radius 2 is 2.26 bits per heavy atom. The minimum absolute atomic E-state index is 0.101. The van der Waals surface area contributed by atoms with Gasteiger partial charge in [0, 0.05) is 18.4 Å². The summed E-state index contributed by atoms with van der Waals surface area (Å²) in [6.07, 6.45) is 0. The van der Waals surface area contributed by atoms with E-state index >= 15 is 0 Å². The maximum Gasteiger partial charge on any atom is 0.234 e. The number of rotatable bonds is 4. The zero-order chi connectivity index (χ0) is 13.8. The van der Waals surface area contributed by atoms with Crippen molar-refractivity contribution in [3.05, 3.63) is 30.1 Å². The lowest BCUT2D eigenvalue weighted by Gasteiger charge is -2.05. The number of nitrogen functional groups attached to an aromatic ring is 1. The molecule has 0 saturated heterocycles. The van der Waals surface area contributed by atoms with Crippen LogP contribution in [0.1, 0.15) is 5.82 Å². The summed E-state index contributed by atoms with van der Waals surface area (Å²) in [4.78, 5) is 11.8. The second-order valence-electron chi connectivity index (χ2n) is 4.05. The molecule has 0 saturated carbocycles. The molecule has 0 fully saturated rings. The molecular weight excluding hydrogens is 262 g/mol. The SMILES string of the molecule is Cc1nnc(SCC(=O)Nc2cccc(N)c2)n1C. The molecule has 0 aliphatic carbocycles. The van der Waals surface area contributed by atoms with E-state index in [0.29, 0.717) is 11.4 Å². The van der Waals surface area contributed by atoms with Gasteiger partial charge < -0.3 is 15.6 Å². The number of carbonyl (C=O) groups is 1. The molecule has 7 heteroatoms. The van der Waals surface area contributed by atoms with Crippen molar-refractivity contribution in [3.63, 3.8) is 0 Å². The fourth-order valence-corrected chi connectivity index (χ4v) is 2.21. The smallest absolute Gasteiger partial charge is 0.234 e. The van der Waals surface area contributed by atoms with E-state index in [9.17, 15) is 4.79 Å². The van der Waals surface area contributed by atoms with Crippen LogP contribution in [0.15, 0.2) is 29.4 Å². The second kappa shape index (κ2) is 5.75. The van der Waals surface area contributed by atoms with E-state index in [-0.39, 0.29) is 11.7 Å². The predicted molar refractivity (Wildman–Crippen MR) is 75.9 cm³/mol. The first kappa shape index (κ1) is 13.4. The Labute approximate surface area is 115 Å². The number of thioether (sulfide) groups is 1. The van der Waals surface area contributed by atoms with Gasteiger partial charge in [0.05, 0.1) is 5.75 Å². The van der Waals surface area contributed by atoms with E-state index in [1.54, 1.807) is 24.3 Å². The monoisotopic (exact) mass is 277 g/mol. The van der Waals surface area contributed by atoms with Crippen molar-refractivity contribution < 1.29 is 4.79 Å². The lowest BCUT2D eigenvalue weighted by atomic mass is 10.3. The van der Waals surface area contributed by atoms with Crippen LogP contribution in [0.2, 0.25) is 0 Å². The third-order valence-corrected chi connectivity index (χ3v) is 3.58. The van der Waals surface area contributed by atoms with Crippen molar-refractivity contribution in [2.45, 2.75) is 12.1 Å². The third kappa shape index (κ3) is 3.47. The summed E-state index contributed by atoms with van der Waals surface area (Å²) in [5, 5.41) is 11.4. The molecule has 2 aromatic rings. The van der Waals surface area contributed by atoms with Crippen LogP contribution in [-0.2, 0) is 11.8 Å². The number of amides is 1. The Kier molecular flexibility index (Phi) is 4.06. The molecule has 1 aromatic carbocycles. The molecule has 19 heavy (non-hydrogen) atoms. The summed E-state index contributed by atoms with van der Waals surface area (Å²) in [7, 11) is 1.87. The Morgan fingerprint density at radius 3 is 2.89 bits per heavy atom. The molecule has 3 N–H and O–H groups in total. The fourth-order valence-electron chi connectivity index (χ4n) is 1.46. The number of carbonyl (C=O) groups excluding carboxylic acids is 1. The molecule has 0 spiro atoms. The second-order valence-corrected chi connectivity index (χ2v) is 4.99. The number of hydrogen-bond acceptors (Lipinski definition) is 5. The van der Waals surface area contributed by atoms with Crippen molar-refractivity contribution in [3.8, 4) is 0 Å². The predicted octanol–water partition coefficient (Wildman–Crippen LogP) is 1.44. The normalized spacial score (nSPS) is 10.4. The van der Waals surface area contributed by atoms with Gasteiger partial charge in [-0.05, 0) is 25.1 Å². The van der Waals surface area contributed by atoms with Gasteiger partial charge in [0.25, 0.3) is 0 Å². The molecule has 1 heterocycles. The molecule has 100 valence electrons. The van der Waals surface area contributed by atoms with Gasteiger partial charge in [0.2, 0.25) is 5.91 Å². The minimum Gasteiger partial charge on any atom is -0.399 e. The van der Waals surface area contributed by atoms with Crippen LogP contribution in [-0.4, -0.2) is 26.4 Å². The van der Waals surface area contributed by atoms with E-state index < -0.39 is 0 Å². The number of aromatic nitrogens is 3. The van der Waals surface area contributed by atoms with Crippen LogP contribution in [0.25, 0.3) is 0 Å².